The molecular formula is C10H14O2. The number of ether oxygens (including phenoxy) is 1. The molecule has 1 heterocycles. The van der Waals surface area contributed by atoms with Crippen LogP contribution in [0.1, 0.15) is 26.7 Å². The monoisotopic (exact) mass is 166 g/mol. The molecule has 0 amide bonds. The highest BCUT2D eigenvalue weighted by Crippen LogP contribution is 2.43. The molecule has 2 atom stereocenters. The van der Waals surface area contributed by atoms with Crippen LogP contribution in [0.3, 0.4) is 0 Å². The van der Waals surface area contributed by atoms with Crippen LogP contribution in [0.15, 0.2) is 11.6 Å². The van der Waals surface area contributed by atoms with Crippen molar-refractivity contribution in [3.8, 4) is 0 Å². The van der Waals surface area contributed by atoms with Gasteiger partial charge in [0.2, 0.25) is 0 Å². The Bertz CT molecular complexity index is 255. The van der Waals surface area contributed by atoms with Crippen LogP contribution in [0.2, 0.25) is 0 Å². The van der Waals surface area contributed by atoms with E-state index in [9.17, 15) is 4.79 Å². The number of allylic oxidation sites excluding steroid dienone is 1. The summed E-state index contributed by atoms with van der Waals surface area (Å²) < 4.78 is 5.07. The summed E-state index contributed by atoms with van der Waals surface area (Å²) >= 11 is 0. The van der Waals surface area contributed by atoms with Gasteiger partial charge in [0.1, 0.15) is 6.61 Å². The minimum Gasteiger partial charge on any atom is -0.465 e. The zero-order valence-electron chi connectivity index (χ0n) is 7.59. The molecule has 66 valence electrons. The molecule has 0 spiro atoms. The summed E-state index contributed by atoms with van der Waals surface area (Å²) in [6, 6.07) is 0. The Morgan fingerprint density at radius 2 is 2.42 bits per heavy atom. The molecule has 1 aliphatic carbocycles. The molecule has 2 heteroatoms. The van der Waals surface area contributed by atoms with Gasteiger partial charge in [0.05, 0.1) is 5.92 Å². The van der Waals surface area contributed by atoms with Crippen LogP contribution >= 0.6 is 0 Å². The Balaban J connectivity index is 2.34. The molecule has 0 radical (unpaired) electrons. The van der Waals surface area contributed by atoms with E-state index < -0.39 is 0 Å². The number of rotatable bonds is 0. The van der Waals surface area contributed by atoms with E-state index in [4.69, 9.17) is 4.74 Å². The van der Waals surface area contributed by atoms with E-state index in [0.29, 0.717) is 6.61 Å². The van der Waals surface area contributed by atoms with E-state index in [-0.39, 0.29) is 17.3 Å². The summed E-state index contributed by atoms with van der Waals surface area (Å²) in [5.41, 5.74) is 1.39. The maximum atomic E-state index is 11.3. The third-order valence-electron chi connectivity index (χ3n) is 3.01. The van der Waals surface area contributed by atoms with E-state index in [1.807, 2.05) is 0 Å². The van der Waals surface area contributed by atoms with Crippen molar-refractivity contribution in [1.29, 1.82) is 0 Å². The molecule has 1 saturated heterocycles. The fraction of sp³-hybridized carbons (Fsp3) is 0.700. The molecule has 0 saturated carbocycles. The number of carbonyl (C=O) groups is 1. The molecule has 2 aliphatic rings. The van der Waals surface area contributed by atoms with Gasteiger partial charge in [-0.2, -0.15) is 0 Å². The van der Waals surface area contributed by atoms with Crippen molar-refractivity contribution >= 4 is 5.97 Å². The number of carbonyl (C=O) groups excluding carboxylic acids is 1. The van der Waals surface area contributed by atoms with Gasteiger partial charge >= 0.3 is 5.97 Å². The second-order valence-corrected chi connectivity index (χ2v) is 4.20. The number of esters is 1. The molecule has 0 aromatic heterocycles. The SMILES string of the molecule is CC1=C[C@]2(C)COC(=O)[C@@H]2CC1. The predicted octanol–water partition coefficient (Wildman–Crippen LogP) is 1.91. The van der Waals surface area contributed by atoms with Gasteiger partial charge < -0.3 is 4.74 Å². The van der Waals surface area contributed by atoms with Crippen LogP contribution in [-0.2, 0) is 9.53 Å². The third kappa shape index (κ3) is 0.977. The Labute approximate surface area is 72.6 Å². The van der Waals surface area contributed by atoms with E-state index in [1.165, 1.54) is 5.57 Å². The molecule has 0 aromatic carbocycles. The molecular weight excluding hydrogens is 152 g/mol. The Kier molecular flexibility index (Phi) is 1.53. The molecule has 0 aromatic rings. The normalized spacial score (nSPS) is 40.3. The van der Waals surface area contributed by atoms with Gasteiger partial charge in [-0.05, 0) is 19.8 Å². The van der Waals surface area contributed by atoms with E-state index in [2.05, 4.69) is 19.9 Å². The molecule has 2 nitrogen and oxygen atoms in total. The van der Waals surface area contributed by atoms with Crippen LogP contribution in [0, 0.1) is 11.3 Å². The molecule has 0 N–H and O–H groups in total. The summed E-state index contributed by atoms with van der Waals surface area (Å²) in [4.78, 5) is 11.3. The zero-order chi connectivity index (χ0) is 8.77. The molecule has 0 unspecified atom stereocenters. The van der Waals surface area contributed by atoms with Gasteiger partial charge in [-0.3, -0.25) is 4.79 Å². The van der Waals surface area contributed by atoms with Crippen LogP contribution in [0.4, 0.5) is 0 Å². The predicted molar refractivity (Wildman–Crippen MR) is 45.5 cm³/mol. The van der Waals surface area contributed by atoms with Gasteiger partial charge in [0.25, 0.3) is 0 Å². The Morgan fingerprint density at radius 3 is 3.17 bits per heavy atom. The molecule has 1 aliphatic heterocycles. The lowest BCUT2D eigenvalue weighted by molar-refractivity contribution is -0.141. The maximum Gasteiger partial charge on any atom is 0.309 e. The molecule has 2 rings (SSSR count). The first-order valence-corrected chi connectivity index (χ1v) is 4.47. The van der Waals surface area contributed by atoms with Crippen molar-refractivity contribution in [3.05, 3.63) is 11.6 Å². The highest BCUT2D eigenvalue weighted by atomic mass is 16.5. The molecule has 0 bridgehead atoms. The number of hydrogen-bond acceptors (Lipinski definition) is 2. The zero-order valence-corrected chi connectivity index (χ0v) is 7.59. The lowest BCUT2D eigenvalue weighted by atomic mass is 9.72. The van der Waals surface area contributed by atoms with E-state index in [1.54, 1.807) is 0 Å². The summed E-state index contributed by atoms with van der Waals surface area (Å²) in [6.07, 6.45) is 4.24. The highest BCUT2D eigenvalue weighted by Gasteiger charge is 2.46. The van der Waals surface area contributed by atoms with Crippen molar-refractivity contribution in [2.24, 2.45) is 11.3 Å². The first kappa shape index (κ1) is 7.84. The van der Waals surface area contributed by atoms with Crippen LogP contribution < -0.4 is 0 Å². The van der Waals surface area contributed by atoms with Gasteiger partial charge in [-0.1, -0.05) is 18.6 Å². The highest BCUT2D eigenvalue weighted by molar-refractivity contribution is 5.76. The van der Waals surface area contributed by atoms with Crippen molar-refractivity contribution in [1.82, 2.24) is 0 Å². The average Bonchev–Trinajstić information content (AvgIpc) is 2.27. The largest absolute Gasteiger partial charge is 0.465 e. The van der Waals surface area contributed by atoms with Gasteiger partial charge in [0.15, 0.2) is 0 Å². The number of hydrogen-bond donors (Lipinski definition) is 0. The van der Waals surface area contributed by atoms with Crippen molar-refractivity contribution in [2.45, 2.75) is 26.7 Å². The smallest absolute Gasteiger partial charge is 0.309 e. The van der Waals surface area contributed by atoms with Crippen LogP contribution in [-0.4, -0.2) is 12.6 Å². The summed E-state index contributed by atoms with van der Waals surface area (Å²) in [7, 11) is 0. The molecule has 1 fully saturated rings. The fourth-order valence-corrected chi connectivity index (χ4v) is 2.29. The van der Waals surface area contributed by atoms with Crippen molar-refractivity contribution < 1.29 is 9.53 Å². The summed E-state index contributed by atoms with van der Waals surface area (Å²) in [5.74, 6) is 0.127. The molecule has 12 heavy (non-hydrogen) atoms. The van der Waals surface area contributed by atoms with E-state index in [0.717, 1.165) is 12.8 Å². The lowest BCUT2D eigenvalue weighted by Crippen LogP contribution is -2.28. The second-order valence-electron chi connectivity index (χ2n) is 4.20. The maximum absolute atomic E-state index is 11.3. The van der Waals surface area contributed by atoms with Crippen LogP contribution in [0.5, 0.6) is 0 Å². The van der Waals surface area contributed by atoms with E-state index >= 15 is 0 Å². The Morgan fingerprint density at radius 1 is 1.67 bits per heavy atom. The van der Waals surface area contributed by atoms with Crippen molar-refractivity contribution in [2.75, 3.05) is 6.61 Å². The topological polar surface area (TPSA) is 26.3 Å². The summed E-state index contributed by atoms with van der Waals surface area (Å²) in [6.45, 7) is 4.82. The van der Waals surface area contributed by atoms with Gasteiger partial charge in [-0.25, -0.2) is 0 Å². The first-order chi connectivity index (χ1) is 5.62. The first-order valence-electron chi connectivity index (χ1n) is 4.47. The minimum absolute atomic E-state index is 0.000579. The number of cyclic esters (lactones) is 1. The lowest BCUT2D eigenvalue weighted by Gasteiger charge is -2.28. The van der Waals surface area contributed by atoms with Crippen molar-refractivity contribution in [3.63, 3.8) is 0 Å². The van der Waals surface area contributed by atoms with Gasteiger partial charge in [0, 0.05) is 5.41 Å². The Hall–Kier alpha value is -0.790. The standard InChI is InChI=1S/C10H14O2/c1-7-3-4-8-9(11)12-6-10(8,2)5-7/h5,8H,3-4,6H2,1-2H3/t8-,10+/m0/s1. The number of fused-ring (bicyclic) bond motifs is 1. The van der Waals surface area contributed by atoms with Crippen LogP contribution in [0.25, 0.3) is 0 Å². The quantitative estimate of drug-likeness (QED) is 0.406. The average molecular weight is 166 g/mol. The fourth-order valence-electron chi connectivity index (χ4n) is 2.29. The second kappa shape index (κ2) is 2.35. The minimum atomic E-state index is -0.000579. The van der Waals surface area contributed by atoms with Gasteiger partial charge in [-0.15, -0.1) is 0 Å². The summed E-state index contributed by atoms with van der Waals surface area (Å²) in [5, 5.41) is 0. The third-order valence-corrected chi connectivity index (χ3v) is 3.01.